The molecule has 0 saturated carbocycles. The quantitative estimate of drug-likeness (QED) is 0.529. The van der Waals surface area contributed by atoms with Crippen LogP contribution in [0.3, 0.4) is 0 Å². The molecule has 0 bridgehead atoms. The number of amides is 1. The summed E-state index contributed by atoms with van der Waals surface area (Å²) in [5, 5.41) is 0. The lowest BCUT2D eigenvalue weighted by molar-refractivity contribution is -0.117. The molecule has 0 N–H and O–H groups in total. The fourth-order valence-electron chi connectivity index (χ4n) is 2.93. The number of carbonyl (C=O) groups excluding carboxylic acids is 2. The molecule has 0 unspecified atom stereocenters. The van der Waals surface area contributed by atoms with Gasteiger partial charge in [0.25, 0.3) is 5.91 Å². The third kappa shape index (κ3) is 5.36. The van der Waals surface area contributed by atoms with E-state index in [1.165, 1.54) is 11.3 Å². The highest BCUT2D eigenvalue weighted by Gasteiger charge is 2.12. The largest absolute Gasteiger partial charge is 0.462 e. The Labute approximate surface area is 178 Å². The standard InChI is InChI=1S/C22H24N2O3S2/c1-4-27-21(26)17-9-10-18-19(14-17)29-22(24(18)11-12-28-3)23-20(25)13-16-7-5-15(2)6-8-16/h5-10,14H,4,11-13H2,1-3H3. The molecular weight excluding hydrogens is 404 g/mol. The molecule has 5 nitrogen and oxygen atoms in total. The maximum Gasteiger partial charge on any atom is 0.338 e. The third-order valence-electron chi connectivity index (χ3n) is 4.41. The van der Waals surface area contributed by atoms with Crippen LogP contribution in [-0.4, -0.2) is 35.1 Å². The highest BCUT2D eigenvalue weighted by atomic mass is 32.2. The van der Waals surface area contributed by atoms with Crippen LogP contribution >= 0.6 is 23.1 Å². The molecule has 0 aliphatic rings. The SMILES string of the molecule is CCOC(=O)c1ccc2c(c1)sc(=NC(=O)Cc1ccc(C)cc1)n2CCSC. The number of ether oxygens (including phenoxy) is 1. The van der Waals surface area contributed by atoms with Gasteiger partial charge in [-0.2, -0.15) is 16.8 Å². The van der Waals surface area contributed by atoms with Crippen molar-refractivity contribution in [2.75, 3.05) is 18.6 Å². The second-order valence-corrected chi connectivity index (χ2v) is 8.59. The first-order valence-electron chi connectivity index (χ1n) is 9.44. The van der Waals surface area contributed by atoms with E-state index in [4.69, 9.17) is 4.74 Å². The molecule has 152 valence electrons. The smallest absolute Gasteiger partial charge is 0.338 e. The van der Waals surface area contributed by atoms with Gasteiger partial charge < -0.3 is 9.30 Å². The van der Waals surface area contributed by atoms with Gasteiger partial charge in [-0.15, -0.1) is 0 Å². The van der Waals surface area contributed by atoms with Crippen LogP contribution in [0.4, 0.5) is 0 Å². The molecule has 3 aromatic rings. The number of nitrogens with zero attached hydrogens (tertiary/aromatic N) is 2. The van der Waals surface area contributed by atoms with Crippen LogP contribution in [0.5, 0.6) is 0 Å². The Kier molecular flexibility index (Phi) is 7.28. The monoisotopic (exact) mass is 428 g/mol. The number of rotatable bonds is 7. The molecule has 0 aliphatic heterocycles. The lowest BCUT2D eigenvalue weighted by Crippen LogP contribution is -2.18. The van der Waals surface area contributed by atoms with Crippen LogP contribution in [-0.2, 0) is 22.5 Å². The van der Waals surface area contributed by atoms with Crippen molar-refractivity contribution >= 4 is 45.2 Å². The number of aryl methyl sites for hydroxylation is 2. The van der Waals surface area contributed by atoms with Crippen molar-refractivity contribution in [2.24, 2.45) is 4.99 Å². The van der Waals surface area contributed by atoms with E-state index in [-0.39, 0.29) is 18.3 Å². The first kappa shape index (κ1) is 21.3. The summed E-state index contributed by atoms with van der Waals surface area (Å²) in [5.41, 5.74) is 3.59. The summed E-state index contributed by atoms with van der Waals surface area (Å²) in [6.07, 6.45) is 2.32. The van der Waals surface area contributed by atoms with E-state index in [9.17, 15) is 9.59 Å². The van der Waals surface area contributed by atoms with E-state index in [1.807, 2.05) is 49.6 Å². The molecule has 0 spiro atoms. The predicted octanol–water partition coefficient (Wildman–Crippen LogP) is 4.22. The Morgan fingerprint density at radius 2 is 1.93 bits per heavy atom. The summed E-state index contributed by atoms with van der Waals surface area (Å²) >= 11 is 3.16. The Morgan fingerprint density at radius 1 is 1.17 bits per heavy atom. The van der Waals surface area contributed by atoms with Gasteiger partial charge in [-0.1, -0.05) is 41.2 Å². The first-order chi connectivity index (χ1) is 14.0. The fraction of sp³-hybridized carbons (Fsp3) is 0.318. The van der Waals surface area contributed by atoms with Crippen molar-refractivity contribution in [2.45, 2.75) is 26.8 Å². The van der Waals surface area contributed by atoms with Crippen molar-refractivity contribution in [3.05, 3.63) is 64.0 Å². The van der Waals surface area contributed by atoms with Gasteiger partial charge in [0, 0.05) is 12.3 Å². The Bertz CT molecular complexity index is 1080. The third-order valence-corrected chi connectivity index (χ3v) is 6.04. The molecule has 1 aromatic heterocycles. The average Bonchev–Trinajstić information content (AvgIpc) is 3.04. The fourth-order valence-corrected chi connectivity index (χ4v) is 4.40. The molecule has 7 heteroatoms. The first-order valence-corrected chi connectivity index (χ1v) is 11.7. The van der Waals surface area contributed by atoms with E-state index in [0.717, 1.165) is 33.6 Å². The highest BCUT2D eigenvalue weighted by molar-refractivity contribution is 7.98. The molecule has 0 radical (unpaired) electrons. The zero-order valence-corrected chi connectivity index (χ0v) is 18.4. The molecule has 0 saturated heterocycles. The molecule has 0 fully saturated rings. The molecule has 29 heavy (non-hydrogen) atoms. The van der Waals surface area contributed by atoms with Crippen molar-refractivity contribution in [3.8, 4) is 0 Å². The second kappa shape index (κ2) is 9.89. The maximum absolute atomic E-state index is 12.6. The van der Waals surface area contributed by atoms with Crippen LogP contribution in [0.25, 0.3) is 10.2 Å². The minimum atomic E-state index is -0.340. The number of fused-ring (bicyclic) bond motifs is 1. The molecule has 1 heterocycles. The van der Waals surface area contributed by atoms with E-state index < -0.39 is 0 Å². The summed E-state index contributed by atoms with van der Waals surface area (Å²) in [6, 6.07) is 13.4. The number of thioether (sulfide) groups is 1. The van der Waals surface area contributed by atoms with E-state index in [1.54, 1.807) is 24.8 Å². The van der Waals surface area contributed by atoms with Gasteiger partial charge in [0.15, 0.2) is 4.80 Å². The number of thiazole rings is 1. The van der Waals surface area contributed by atoms with Gasteiger partial charge in [0.2, 0.25) is 0 Å². The molecular formula is C22H24N2O3S2. The molecule has 0 atom stereocenters. The minimum Gasteiger partial charge on any atom is -0.462 e. The zero-order chi connectivity index (χ0) is 20.8. The van der Waals surface area contributed by atoms with Crippen LogP contribution in [0.1, 0.15) is 28.4 Å². The molecule has 2 aromatic carbocycles. The normalized spacial score (nSPS) is 11.8. The van der Waals surface area contributed by atoms with E-state index >= 15 is 0 Å². The predicted molar refractivity (Wildman–Crippen MR) is 120 cm³/mol. The lowest BCUT2D eigenvalue weighted by Gasteiger charge is -2.05. The molecule has 0 aliphatic carbocycles. The number of hydrogen-bond donors (Lipinski definition) is 0. The van der Waals surface area contributed by atoms with E-state index in [0.29, 0.717) is 17.0 Å². The van der Waals surface area contributed by atoms with E-state index in [2.05, 4.69) is 9.56 Å². The van der Waals surface area contributed by atoms with Crippen molar-refractivity contribution in [1.82, 2.24) is 4.57 Å². The lowest BCUT2D eigenvalue weighted by atomic mass is 10.1. The van der Waals surface area contributed by atoms with Gasteiger partial charge in [-0.05, 0) is 43.9 Å². The summed E-state index contributed by atoms with van der Waals surface area (Å²) in [4.78, 5) is 29.7. The summed E-state index contributed by atoms with van der Waals surface area (Å²) < 4.78 is 8.07. The van der Waals surface area contributed by atoms with Crippen LogP contribution in [0, 0.1) is 6.92 Å². The van der Waals surface area contributed by atoms with Crippen molar-refractivity contribution in [3.63, 3.8) is 0 Å². The van der Waals surface area contributed by atoms with Gasteiger partial charge in [-0.25, -0.2) is 4.79 Å². The van der Waals surface area contributed by atoms with Crippen LogP contribution in [0.15, 0.2) is 47.5 Å². The minimum absolute atomic E-state index is 0.177. The van der Waals surface area contributed by atoms with Crippen molar-refractivity contribution < 1.29 is 14.3 Å². The number of aromatic nitrogens is 1. The van der Waals surface area contributed by atoms with Gasteiger partial charge in [0.05, 0.1) is 28.8 Å². The van der Waals surface area contributed by atoms with Gasteiger partial charge in [0.1, 0.15) is 0 Å². The Hall–Kier alpha value is -2.38. The Balaban J connectivity index is 1.97. The average molecular weight is 429 g/mol. The van der Waals surface area contributed by atoms with Crippen LogP contribution in [0.2, 0.25) is 0 Å². The summed E-state index contributed by atoms with van der Waals surface area (Å²) in [5.74, 6) is 0.390. The highest BCUT2D eigenvalue weighted by Crippen LogP contribution is 2.20. The topological polar surface area (TPSA) is 60.7 Å². The maximum atomic E-state index is 12.6. The van der Waals surface area contributed by atoms with Gasteiger partial charge >= 0.3 is 5.97 Å². The van der Waals surface area contributed by atoms with Gasteiger partial charge in [-0.3, -0.25) is 4.79 Å². The molecule has 3 rings (SSSR count). The molecule has 1 amide bonds. The zero-order valence-electron chi connectivity index (χ0n) is 16.8. The Morgan fingerprint density at radius 3 is 2.62 bits per heavy atom. The second-order valence-electron chi connectivity index (χ2n) is 6.60. The summed E-state index contributed by atoms with van der Waals surface area (Å²) in [6.45, 7) is 4.89. The number of hydrogen-bond acceptors (Lipinski definition) is 5. The van der Waals surface area contributed by atoms with Crippen LogP contribution < -0.4 is 4.80 Å². The van der Waals surface area contributed by atoms with Crippen molar-refractivity contribution in [1.29, 1.82) is 0 Å². The summed E-state index contributed by atoms with van der Waals surface area (Å²) in [7, 11) is 0. The number of esters is 1. The number of benzene rings is 2. The number of carbonyl (C=O) groups is 2.